The zero-order chi connectivity index (χ0) is 22.2. The van der Waals surface area contributed by atoms with E-state index in [-0.39, 0.29) is 23.6 Å². The minimum absolute atomic E-state index is 0.0489. The Bertz CT molecular complexity index is 933. The molecule has 1 saturated heterocycles. The van der Waals surface area contributed by atoms with Crippen LogP contribution in [0.25, 0.3) is 0 Å². The van der Waals surface area contributed by atoms with Gasteiger partial charge in [0.15, 0.2) is 0 Å². The number of methoxy groups -OCH3 is 1. The van der Waals surface area contributed by atoms with Gasteiger partial charge >= 0.3 is 0 Å². The number of likely N-dealkylation sites (tertiary alicyclic amines) is 1. The van der Waals surface area contributed by atoms with Gasteiger partial charge in [-0.25, -0.2) is 0 Å². The predicted molar refractivity (Wildman–Crippen MR) is 119 cm³/mol. The van der Waals surface area contributed by atoms with Gasteiger partial charge in [-0.15, -0.1) is 0 Å². The number of carbonyl (C=O) groups excluding carboxylic acids is 3. The number of piperidine rings is 1. The first-order valence-corrected chi connectivity index (χ1v) is 10.6. The maximum atomic E-state index is 12.9. The van der Waals surface area contributed by atoms with Crippen LogP contribution in [0.3, 0.4) is 0 Å². The minimum Gasteiger partial charge on any atom is -0.383 e. The first kappa shape index (κ1) is 22.8. The number of carbonyl (C=O) groups is 3. The number of nitrogens with one attached hydrogen (secondary N) is 2. The summed E-state index contributed by atoms with van der Waals surface area (Å²) in [6.07, 6.45) is 1.54. The van der Waals surface area contributed by atoms with Crippen LogP contribution in [0.1, 0.15) is 33.6 Å². The fourth-order valence-corrected chi connectivity index (χ4v) is 3.74. The lowest BCUT2D eigenvalue weighted by Crippen LogP contribution is -2.45. The molecule has 1 atom stereocenters. The number of amides is 3. The van der Waals surface area contributed by atoms with Crippen molar-refractivity contribution in [1.82, 2.24) is 10.2 Å². The normalized spacial score (nSPS) is 15.9. The van der Waals surface area contributed by atoms with Crippen LogP contribution in [0.15, 0.2) is 48.5 Å². The Labute approximate surface area is 186 Å². The molecule has 2 aromatic rings. The quantitative estimate of drug-likeness (QED) is 0.643. The lowest BCUT2D eigenvalue weighted by atomic mass is 9.96. The second-order valence-electron chi connectivity index (χ2n) is 7.39. The number of rotatable bonds is 7. The fraction of sp³-hybridized carbons (Fsp3) is 0.348. The van der Waals surface area contributed by atoms with Crippen LogP contribution >= 0.6 is 11.6 Å². The van der Waals surface area contributed by atoms with Gasteiger partial charge in [-0.3, -0.25) is 14.4 Å². The van der Waals surface area contributed by atoms with E-state index in [0.29, 0.717) is 48.1 Å². The summed E-state index contributed by atoms with van der Waals surface area (Å²) in [5, 5.41) is 6.00. The maximum Gasteiger partial charge on any atom is 0.257 e. The Morgan fingerprint density at radius 2 is 1.87 bits per heavy atom. The molecule has 1 aliphatic heterocycles. The van der Waals surface area contributed by atoms with Crippen molar-refractivity contribution in [1.29, 1.82) is 0 Å². The van der Waals surface area contributed by atoms with Gasteiger partial charge in [0.05, 0.1) is 23.1 Å². The molecule has 7 nitrogen and oxygen atoms in total. The number of hydrogen-bond donors (Lipinski definition) is 2. The number of ether oxygens (including phenoxy) is 1. The monoisotopic (exact) mass is 443 g/mol. The number of anilines is 1. The van der Waals surface area contributed by atoms with Crippen LogP contribution < -0.4 is 10.6 Å². The number of nitrogens with zero attached hydrogens (tertiary/aromatic N) is 1. The Morgan fingerprint density at radius 1 is 1.13 bits per heavy atom. The average molecular weight is 444 g/mol. The summed E-state index contributed by atoms with van der Waals surface area (Å²) in [7, 11) is 1.58. The van der Waals surface area contributed by atoms with Crippen LogP contribution in [0, 0.1) is 5.92 Å². The third-order valence-corrected chi connectivity index (χ3v) is 5.52. The smallest absolute Gasteiger partial charge is 0.257 e. The molecule has 0 aliphatic carbocycles. The highest BCUT2D eigenvalue weighted by atomic mass is 35.5. The molecule has 1 aliphatic rings. The minimum atomic E-state index is -0.317. The molecule has 0 saturated carbocycles. The molecule has 3 rings (SSSR count). The topological polar surface area (TPSA) is 87.7 Å². The van der Waals surface area contributed by atoms with Gasteiger partial charge in [-0.05, 0) is 49.2 Å². The predicted octanol–water partition coefficient (Wildman–Crippen LogP) is 3.21. The van der Waals surface area contributed by atoms with E-state index in [0.717, 1.165) is 12.8 Å². The molecule has 31 heavy (non-hydrogen) atoms. The van der Waals surface area contributed by atoms with Crippen LogP contribution in [-0.4, -0.2) is 56.0 Å². The highest BCUT2D eigenvalue weighted by molar-refractivity contribution is 6.34. The lowest BCUT2D eigenvalue weighted by Gasteiger charge is -2.32. The third-order valence-electron chi connectivity index (χ3n) is 5.19. The number of hydrogen-bond acceptors (Lipinski definition) is 4. The zero-order valence-corrected chi connectivity index (χ0v) is 18.2. The Morgan fingerprint density at radius 3 is 2.58 bits per heavy atom. The molecule has 0 bridgehead atoms. The SMILES string of the molecule is COCCNC(=O)[C@@H]1CCCN(C(=O)c2ccc(NC(=O)c3ccccc3Cl)cc2)C1. The van der Waals surface area contributed by atoms with Crippen LogP contribution in [0.4, 0.5) is 5.69 Å². The van der Waals surface area contributed by atoms with E-state index in [4.69, 9.17) is 16.3 Å². The summed E-state index contributed by atoms with van der Waals surface area (Å²) < 4.78 is 4.95. The Hall–Kier alpha value is -2.90. The van der Waals surface area contributed by atoms with Crippen molar-refractivity contribution >= 4 is 35.0 Å². The molecule has 0 radical (unpaired) electrons. The van der Waals surface area contributed by atoms with Crippen molar-refractivity contribution in [3.63, 3.8) is 0 Å². The zero-order valence-electron chi connectivity index (χ0n) is 17.4. The summed E-state index contributed by atoms with van der Waals surface area (Å²) >= 11 is 6.06. The van der Waals surface area contributed by atoms with Crippen molar-refractivity contribution in [2.24, 2.45) is 5.92 Å². The molecule has 0 spiro atoms. The van der Waals surface area contributed by atoms with Crippen LogP contribution in [0.2, 0.25) is 5.02 Å². The van der Waals surface area contributed by atoms with Gasteiger partial charge in [0.1, 0.15) is 0 Å². The molecule has 8 heteroatoms. The van der Waals surface area contributed by atoms with Gasteiger partial charge in [0.25, 0.3) is 11.8 Å². The van der Waals surface area contributed by atoms with Crippen molar-refractivity contribution in [2.45, 2.75) is 12.8 Å². The number of benzene rings is 2. The van der Waals surface area contributed by atoms with Gasteiger partial charge in [-0.2, -0.15) is 0 Å². The van der Waals surface area contributed by atoms with Crippen LogP contribution in [0.5, 0.6) is 0 Å². The van der Waals surface area contributed by atoms with E-state index in [9.17, 15) is 14.4 Å². The highest BCUT2D eigenvalue weighted by Gasteiger charge is 2.28. The molecule has 3 amide bonds. The van der Waals surface area contributed by atoms with Crippen LogP contribution in [-0.2, 0) is 9.53 Å². The second-order valence-corrected chi connectivity index (χ2v) is 7.79. The molecule has 0 unspecified atom stereocenters. The van der Waals surface area contributed by atoms with Gasteiger partial charge < -0.3 is 20.3 Å². The molecule has 2 N–H and O–H groups in total. The molecule has 2 aromatic carbocycles. The van der Waals surface area contributed by atoms with Gasteiger partial charge in [0, 0.05) is 38.0 Å². The molecule has 0 aromatic heterocycles. The van der Waals surface area contributed by atoms with Gasteiger partial charge in [-0.1, -0.05) is 23.7 Å². The summed E-state index contributed by atoms with van der Waals surface area (Å²) in [6.45, 7) is 1.93. The number of halogens is 1. The molecular weight excluding hydrogens is 418 g/mol. The van der Waals surface area contributed by atoms with E-state index >= 15 is 0 Å². The van der Waals surface area contributed by atoms with Crippen molar-refractivity contribution in [3.05, 3.63) is 64.7 Å². The van der Waals surface area contributed by atoms with Crippen molar-refractivity contribution < 1.29 is 19.1 Å². The lowest BCUT2D eigenvalue weighted by molar-refractivity contribution is -0.126. The first-order valence-electron chi connectivity index (χ1n) is 10.2. The molecular formula is C23H26ClN3O4. The van der Waals surface area contributed by atoms with E-state index in [2.05, 4.69) is 10.6 Å². The fourth-order valence-electron chi connectivity index (χ4n) is 3.52. The summed E-state index contributed by atoms with van der Waals surface area (Å²) in [4.78, 5) is 39.3. The van der Waals surface area contributed by atoms with Crippen molar-refractivity contribution in [3.8, 4) is 0 Å². The van der Waals surface area contributed by atoms with Gasteiger partial charge in [0.2, 0.25) is 5.91 Å². The molecule has 1 heterocycles. The first-order chi connectivity index (χ1) is 15.0. The average Bonchev–Trinajstić information content (AvgIpc) is 2.79. The highest BCUT2D eigenvalue weighted by Crippen LogP contribution is 2.21. The summed E-state index contributed by atoms with van der Waals surface area (Å²) in [5.74, 6) is -0.711. The van der Waals surface area contributed by atoms with E-state index in [1.807, 2.05) is 0 Å². The van der Waals surface area contributed by atoms with E-state index in [1.165, 1.54) is 0 Å². The third kappa shape index (κ3) is 6.06. The standard InChI is InChI=1S/C23H26ClN3O4/c1-31-14-12-25-21(28)17-5-4-13-27(15-17)23(30)16-8-10-18(11-9-16)26-22(29)19-6-2-3-7-20(19)24/h2-3,6-11,17H,4-5,12-15H2,1H3,(H,25,28)(H,26,29)/t17-/m1/s1. The van der Waals surface area contributed by atoms with E-state index < -0.39 is 0 Å². The molecule has 1 fully saturated rings. The molecule has 164 valence electrons. The Kier molecular flexibility index (Phi) is 8.03. The Balaban J connectivity index is 1.59. The summed E-state index contributed by atoms with van der Waals surface area (Å²) in [5.41, 5.74) is 1.46. The largest absolute Gasteiger partial charge is 0.383 e. The maximum absolute atomic E-state index is 12.9. The summed E-state index contributed by atoms with van der Waals surface area (Å²) in [6, 6.07) is 13.5. The van der Waals surface area contributed by atoms with Crippen molar-refractivity contribution in [2.75, 3.05) is 38.7 Å². The second kappa shape index (κ2) is 10.9. The van der Waals surface area contributed by atoms with E-state index in [1.54, 1.807) is 60.5 Å².